The molecular weight excluding hydrogens is 266 g/mol. The summed E-state index contributed by atoms with van der Waals surface area (Å²) in [6.45, 7) is 2.65. The highest BCUT2D eigenvalue weighted by molar-refractivity contribution is 6.30. The van der Waals surface area contributed by atoms with Crippen molar-refractivity contribution in [1.82, 2.24) is 10.3 Å². The van der Waals surface area contributed by atoms with Crippen LogP contribution in [0.1, 0.15) is 12.8 Å². The van der Waals surface area contributed by atoms with Crippen molar-refractivity contribution >= 4 is 23.4 Å². The van der Waals surface area contributed by atoms with E-state index in [-0.39, 0.29) is 6.54 Å². The zero-order valence-corrected chi connectivity index (χ0v) is 11.4. The van der Waals surface area contributed by atoms with Crippen LogP contribution in [-0.4, -0.2) is 42.2 Å². The second-order valence-corrected chi connectivity index (χ2v) is 5.25. The number of hydrogen-bond donors (Lipinski definition) is 2. The standard InChI is InChI=1S/C13H18ClN3O2/c14-11-3-4-12(16-7-11)17-5-1-2-10(9-17)6-15-8-13(18)19/h3-4,7,10,15H,1-2,5-6,8-9H2,(H,18,19). The summed E-state index contributed by atoms with van der Waals surface area (Å²) >= 11 is 5.83. The molecule has 6 heteroatoms. The molecule has 1 aromatic heterocycles. The van der Waals surface area contributed by atoms with Crippen LogP contribution in [0, 0.1) is 5.92 Å². The molecule has 1 aromatic rings. The van der Waals surface area contributed by atoms with Crippen molar-refractivity contribution in [2.45, 2.75) is 12.8 Å². The molecule has 104 valence electrons. The van der Waals surface area contributed by atoms with Gasteiger partial charge in [0.15, 0.2) is 0 Å². The number of aromatic nitrogens is 1. The van der Waals surface area contributed by atoms with E-state index in [9.17, 15) is 4.79 Å². The summed E-state index contributed by atoms with van der Waals surface area (Å²) in [5.41, 5.74) is 0. The lowest BCUT2D eigenvalue weighted by Gasteiger charge is -2.33. The van der Waals surface area contributed by atoms with Crippen molar-refractivity contribution in [3.05, 3.63) is 23.4 Å². The molecule has 1 saturated heterocycles. The van der Waals surface area contributed by atoms with Gasteiger partial charge in [-0.05, 0) is 30.9 Å². The fourth-order valence-corrected chi connectivity index (χ4v) is 2.49. The topological polar surface area (TPSA) is 65.5 Å². The van der Waals surface area contributed by atoms with Crippen LogP contribution in [0.15, 0.2) is 18.3 Å². The largest absolute Gasteiger partial charge is 0.480 e. The van der Waals surface area contributed by atoms with Crippen LogP contribution in [0.5, 0.6) is 0 Å². The van der Waals surface area contributed by atoms with Gasteiger partial charge in [0.05, 0.1) is 11.6 Å². The molecule has 1 aliphatic rings. The number of piperidine rings is 1. The number of nitrogens with zero attached hydrogens (tertiary/aromatic N) is 2. The minimum atomic E-state index is -0.813. The van der Waals surface area contributed by atoms with E-state index in [1.165, 1.54) is 0 Å². The Morgan fingerprint density at radius 3 is 3.11 bits per heavy atom. The molecule has 0 radical (unpaired) electrons. The summed E-state index contributed by atoms with van der Waals surface area (Å²) in [6, 6.07) is 3.77. The van der Waals surface area contributed by atoms with Crippen molar-refractivity contribution in [1.29, 1.82) is 0 Å². The van der Waals surface area contributed by atoms with E-state index >= 15 is 0 Å². The SMILES string of the molecule is O=C(O)CNCC1CCCN(c2ccc(Cl)cn2)C1. The third kappa shape index (κ3) is 4.36. The molecule has 1 aliphatic heterocycles. The number of carboxylic acids is 1. The van der Waals surface area contributed by atoms with Gasteiger partial charge in [-0.3, -0.25) is 4.79 Å². The minimum Gasteiger partial charge on any atom is -0.480 e. The minimum absolute atomic E-state index is 0.0235. The lowest BCUT2D eigenvalue weighted by molar-refractivity contribution is -0.136. The molecule has 1 unspecified atom stereocenters. The summed E-state index contributed by atoms with van der Waals surface area (Å²) < 4.78 is 0. The lowest BCUT2D eigenvalue weighted by atomic mass is 9.98. The molecule has 0 saturated carbocycles. The number of rotatable bonds is 5. The number of anilines is 1. The van der Waals surface area contributed by atoms with Gasteiger partial charge in [-0.2, -0.15) is 0 Å². The van der Waals surface area contributed by atoms with Crippen LogP contribution in [0.2, 0.25) is 5.02 Å². The first-order chi connectivity index (χ1) is 9.15. The second kappa shape index (κ2) is 6.73. The Morgan fingerprint density at radius 1 is 1.58 bits per heavy atom. The summed E-state index contributed by atoms with van der Waals surface area (Å²) in [5.74, 6) is 0.588. The molecule has 0 bridgehead atoms. The molecule has 2 heterocycles. The molecule has 1 fully saturated rings. The number of nitrogens with one attached hydrogen (secondary N) is 1. The normalized spacial score (nSPS) is 19.4. The van der Waals surface area contributed by atoms with Crippen LogP contribution >= 0.6 is 11.6 Å². The number of aliphatic carboxylic acids is 1. The Hall–Kier alpha value is -1.33. The maximum atomic E-state index is 10.5. The lowest BCUT2D eigenvalue weighted by Crippen LogP contribution is -2.40. The first-order valence-corrected chi connectivity index (χ1v) is 6.82. The van der Waals surface area contributed by atoms with E-state index in [0.29, 0.717) is 10.9 Å². The molecule has 1 atom stereocenters. The van der Waals surface area contributed by atoms with Gasteiger partial charge >= 0.3 is 5.97 Å². The molecule has 0 amide bonds. The van der Waals surface area contributed by atoms with Gasteiger partial charge in [-0.15, -0.1) is 0 Å². The average Bonchev–Trinajstić information content (AvgIpc) is 2.39. The van der Waals surface area contributed by atoms with E-state index in [0.717, 1.165) is 38.3 Å². The average molecular weight is 284 g/mol. The Bertz CT molecular complexity index is 424. The van der Waals surface area contributed by atoms with Crippen molar-refractivity contribution in [2.24, 2.45) is 5.92 Å². The van der Waals surface area contributed by atoms with Crippen LogP contribution in [-0.2, 0) is 4.79 Å². The molecule has 19 heavy (non-hydrogen) atoms. The highest BCUT2D eigenvalue weighted by Crippen LogP contribution is 2.22. The van der Waals surface area contributed by atoms with Gasteiger partial charge in [0.2, 0.25) is 0 Å². The Kier molecular flexibility index (Phi) is 4.99. The number of carboxylic acid groups (broad SMARTS) is 1. The molecule has 2 N–H and O–H groups in total. The Morgan fingerprint density at radius 2 is 2.42 bits per heavy atom. The van der Waals surface area contributed by atoms with Gasteiger partial charge < -0.3 is 15.3 Å². The quantitative estimate of drug-likeness (QED) is 0.860. The highest BCUT2D eigenvalue weighted by Gasteiger charge is 2.20. The van der Waals surface area contributed by atoms with E-state index < -0.39 is 5.97 Å². The number of pyridine rings is 1. The monoisotopic (exact) mass is 283 g/mol. The Balaban J connectivity index is 1.86. The summed E-state index contributed by atoms with van der Waals surface area (Å²) in [4.78, 5) is 17.0. The smallest absolute Gasteiger partial charge is 0.317 e. The van der Waals surface area contributed by atoms with E-state index in [1.54, 1.807) is 6.20 Å². The molecule has 0 aromatic carbocycles. The molecule has 0 spiro atoms. The fourth-order valence-electron chi connectivity index (χ4n) is 2.38. The summed E-state index contributed by atoms with van der Waals surface area (Å²) in [7, 11) is 0. The Labute approximate surface area is 117 Å². The summed E-state index contributed by atoms with van der Waals surface area (Å²) in [5, 5.41) is 12.2. The van der Waals surface area contributed by atoms with Crippen molar-refractivity contribution in [3.63, 3.8) is 0 Å². The number of halogens is 1. The van der Waals surface area contributed by atoms with Crippen molar-refractivity contribution in [3.8, 4) is 0 Å². The van der Waals surface area contributed by atoms with Crippen molar-refractivity contribution < 1.29 is 9.90 Å². The van der Waals surface area contributed by atoms with Crippen molar-refractivity contribution in [2.75, 3.05) is 31.1 Å². The molecular formula is C13H18ClN3O2. The zero-order valence-electron chi connectivity index (χ0n) is 10.7. The molecule has 2 rings (SSSR count). The van der Waals surface area contributed by atoms with Gasteiger partial charge in [0, 0.05) is 25.8 Å². The maximum absolute atomic E-state index is 10.5. The highest BCUT2D eigenvalue weighted by atomic mass is 35.5. The predicted octanol–water partition coefficient (Wildman–Crippen LogP) is 1.63. The zero-order chi connectivity index (χ0) is 13.7. The third-order valence-corrected chi connectivity index (χ3v) is 3.49. The van der Waals surface area contributed by atoms with Gasteiger partial charge in [0.25, 0.3) is 0 Å². The van der Waals surface area contributed by atoms with Crippen LogP contribution in [0.3, 0.4) is 0 Å². The summed E-state index contributed by atoms with van der Waals surface area (Å²) in [6.07, 6.45) is 3.88. The fraction of sp³-hybridized carbons (Fsp3) is 0.538. The third-order valence-electron chi connectivity index (χ3n) is 3.26. The van der Waals surface area contributed by atoms with Gasteiger partial charge in [0.1, 0.15) is 5.82 Å². The van der Waals surface area contributed by atoms with Crippen LogP contribution < -0.4 is 10.2 Å². The van der Waals surface area contributed by atoms with Crippen LogP contribution in [0.4, 0.5) is 5.82 Å². The maximum Gasteiger partial charge on any atom is 0.317 e. The number of hydrogen-bond acceptors (Lipinski definition) is 4. The van der Waals surface area contributed by atoms with Gasteiger partial charge in [-0.1, -0.05) is 11.6 Å². The number of carbonyl (C=O) groups is 1. The van der Waals surface area contributed by atoms with E-state index in [4.69, 9.17) is 16.7 Å². The first-order valence-electron chi connectivity index (χ1n) is 6.44. The second-order valence-electron chi connectivity index (χ2n) is 4.81. The van der Waals surface area contributed by atoms with Gasteiger partial charge in [-0.25, -0.2) is 4.98 Å². The first kappa shape index (κ1) is 14.1. The van der Waals surface area contributed by atoms with Crippen LogP contribution in [0.25, 0.3) is 0 Å². The van der Waals surface area contributed by atoms with E-state index in [2.05, 4.69) is 15.2 Å². The van der Waals surface area contributed by atoms with E-state index in [1.807, 2.05) is 12.1 Å². The molecule has 0 aliphatic carbocycles. The molecule has 5 nitrogen and oxygen atoms in total. The predicted molar refractivity (Wildman–Crippen MR) is 74.7 cm³/mol.